The Labute approximate surface area is 198 Å². The van der Waals surface area contributed by atoms with Gasteiger partial charge in [-0.25, -0.2) is 4.98 Å². The Bertz CT molecular complexity index is 1390. The monoisotopic (exact) mass is 525 g/mol. The molecule has 0 N–H and O–H groups in total. The first-order valence-corrected chi connectivity index (χ1v) is 10.9. The lowest BCUT2D eigenvalue weighted by molar-refractivity contribution is -0.394. The van der Waals surface area contributed by atoms with Crippen molar-refractivity contribution in [3.63, 3.8) is 0 Å². The fourth-order valence-corrected chi connectivity index (χ4v) is 4.35. The Morgan fingerprint density at radius 3 is 2.30 bits per heavy atom. The molecule has 1 heterocycles. The van der Waals surface area contributed by atoms with Gasteiger partial charge in [0.1, 0.15) is 0 Å². The summed E-state index contributed by atoms with van der Waals surface area (Å²) in [5.41, 5.74) is -0.0952. The van der Waals surface area contributed by atoms with Crippen molar-refractivity contribution in [1.29, 1.82) is 0 Å². The maximum Gasteiger partial charge on any atom is 0.281 e. The minimum atomic E-state index is -0.799. The molecule has 4 aromatic rings. The number of hydrazone groups is 1. The number of hydrogen-bond donors (Lipinski definition) is 0. The minimum Gasteiger partial charge on any atom is -0.267 e. The molecule has 0 aliphatic rings. The molecule has 0 aliphatic heterocycles. The molecule has 0 radical (unpaired) electrons. The SMILES string of the molecule is O=C(c1cc([N+](=O)[O-])cc([N+](=O)[O-])c1)N(/N=C/c1ccccc1)c1nc2ccc(Br)cc2s1. The number of fused-ring (bicyclic) bond motifs is 1. The van der Waals surface area contributed by atoms with Gasteiger partial charge in [-0.05, 0) is 23.8 Å². The molecule has 10 nitrogen and oxygen atoms in total. The molecule has 0 unspecified atom stereocenters. The van der Waals surface area contributed by atoms with Crippen molar-refractivity contribution in [3.8, 4) is 0 Å². The highest BCUT2D eigenvalue weighted by Crippen LogP contribution is 2.33. The van der Waals surface area contributed by atoms with Gasteiger partial charge in [-0.2, -0.15) is 10.1 Å². The molecule has 4 rings (SSSR count). The van der Waals surface area contributed by atoms with Crippen LogP contribution in [0, 0.1) is 20.2 Å². The van der Waals surface area contributed by atoms with Crippen LogP contribution in [0.15, 0.2) is 76.3 Å². The van der Waals surface area contributed by atoms with E-state index in [0.717, 1.165) is 32.4 Å². The molecule has 0 fully saturated rings. The van der Waals surface area contributed by atoms with Crippen molar-refractivity contribution < 1.29 is 14.6 Å². The number of nitro groups is 2. The molecule has 1 amide bonds. The molecular formula is C21H12BrN5O5S. The van der Waals surface area contributed by atoms with E-state index in [2.05, 4.69) is 26.0 Å². The van der Waals surface area contributed by atoms with Crippen LogP contribution in [0.2, 0.25) is 0 Å². The van der Waals surface area contributed by atoms with Gasteiger partial charge in [-0.1, -0.05) is 57.6 Å². The maximum atomic E-state index is 13.4. The van der Waals surface area contributed by atoms with Gasteiger partial charge < -0.3 is 0 Å². The van der Waals surface area contributed by atoms with E-state index in [0.29, 0.717) is 11.1 Å². The molecule has 0 saturated carbocycles. The van der Waals surface area contributed by atoms with Crippen LogP contribution >= 0.6 is 27.3 Å². The first kappa shape index (κ1) is 22.2. The van der Waals surface area contributed by atoms with Crippen LogP contribution < -0.4 is 5.01 Å². The Balaban J connectivity index is 1.83. The van der Waals surface area contributed by atoms with Crippen LogP contribution in [-0.2, 0) is 0 Å². The summed E-state index contributed by atoms with van der Waals surface area (Å²) in [7, 11) is 0. The third-order valence-electron chi connectivity index (χ3n) is 4.41. The second-order valence-corrected chi connectivity index (χ2v) is 8.56. The van der Waals surface area contributed by atoms with Crippen molar-refractivity contribution in [2.24, 2.45) is 5.10 Å². The molecule has 0 saturated heterocycles. The summed E-state index contributed by atoms with van der Waals surface area (Å²) >= 11 is 4.57. The van der Waals surface area contributed by atoms with Crippen LogP contribution in [0.5, 0.6) is 0 Å². The minimum absolute atomic E-state index is 0.203. The van der Waals surface area contributed by atoms with E-state index in [1.165, 1.54) is 17.6 Å². The number of carbonyl (C=O) groups is 1. The third-order valence-corrected chi connectivity index (χ3v) is 5.89. The van der Waals surface area contributed by atoms with E-state index in [-0.39, 0.29) is 10.7 Å². The summed E-state index contributed by atoms with van der Waals surface area (Å²) < 4.78 is 1.60. The van der Waals surface area contributed by atoms with E-state index in [4.69, 9.17) is 0 Å². The van der Waals surface area contributed by atoms with Crippen molar-refractivity contribution in [3.05, 3.63) is 103 Å². The Morgan fingerprint density at radius 2 is 1.67 bits per heavy atom. The standard InChI is InChI=1S/C21H12BrN5O5S/c22-15-6-7-18-19(10-15)33-21(24-18)25(23-12-13-4-2-1-3-5-13)20(28)14-8-16(26(29)30)11-17(9-14)27(31)32/h1-12H/b23-12+. The molecule has 164 valence electrons. The number of amides is 1. The average Bonchev–Trinajstić information content (AvgIpc) is 3.22. The largest absolute Gasteiger partial charge is 0.281 e. The number of aromatic nitrogens is 1. The van der Waals surface area contributed by atoms with Gasteiger partial charge in [0.15, 0.2) is 0 Å². The smallest absolute Gasteiger partial charge is 0.267 e. The Kier molecular flexibility index (Phi) is 6.20. The highest BCUT2D eigenvalue weighted by molar-refractivity contribution is 9.10. The molecule has 0 aliphatic carbocycles. The Morgan fingerprint density at radius 1 is 1.00 bits per heavy atom. The van der Waals surface area contributed by atoms with E-state index < -0.39 is 27.1 Å². The first-order valence-electron chi connectivity index (χ1n) is 9.25. The fraction of sp³-hybridized carbons (Fsp3) is 0. The zero-order valence-corrected chi connectivity index (χ0v) is 18.9. The van der Waals surface area contributed by atoms with Crippen molar-refractivity contribution in [1.82, 2.24) is 4.98 Å². The number of anilines is 1. The third kappa shape index (κ3) is 4.91. The molecule has 33 heavy (non-hydrogen) atoms. The highest BCUT2D eigenvalue weighted by Gasteiger charge is 2.26. The normalized spacial score (nSPS) is 11.1. The van der Waals surface area contributed by atoms with Crippen LogP contribution in [0.3, 0.4) is 0 Å². The van der Waals surface area contributed by atoms with Crippen LogP contribution in [0.1, 0.15) is 15.9 Å². The van der Waals surface area contributed by atoms with Gasteiger partial charge >= 0.3 is 0 Å². The molecule has 1 aromatic heterocycles. The second kappa shape index (κ2) is 9.22. The van der Waals surface area contributed by atoms with Crippen LogP contribution in [0.4, 0.5) is 16.5 Å². The van der Waals surface area contributed by atoms with Crippen LogP contribution in [-0.4, -0.2) is 27.0 Å². The number of nitrogens with zero attached hydrogens (tertiary/aromatic N) is 5. The molecule has 3 aromatic carbocycles. The lowest BCUT2D eigenvalue weighted by Gasteiger charge is -2.13. The number of thiazole rings is 1. The van der Waals surface area contributed by atoms with Gasteiger partial charge in [0.2, 0.25) is 5.13 Å². The summed E-state index contributed by atoms with van der Waals surface area (Å²) in [5, 5.41) is 28.0. The predicted octanol–water partition coefficient (Wildman–Crippen LogP) is 5.56. The Hall–Kier alpha value is -4.03. The predicted molar refractivity (Wildman–Crippen MR) is 128 cm³/mol. The lowest BCUT2D eigenvalue weighted by atomic mass is 10.1. The van der Waals surface area contributed by atoms with Gasteiger partial charge in [-0.3, -0.25) is 25.0 Å². The van der Waals surface area contributed by atoms with E-state index in [1.807, 2.05) is 12.1 Å². The van der Waals surface area contributed by atoms with E-state index in [1.54, 1.807) is 36.4 Å². The van der Waals surface area contributed by atoms with E-state index in [9.17, 15) is 25.0 Å². The summed E-state index contributed by atoms with van der Waals surface area (Å²) in [6, 6.07) is 17.1. The summed E-state index contributed by atoms with van der Waals surface area (Å²) in [5.74, 6) is -0.799. The van der Waals surface area contributed by atoms with Crippen LogP contribution in [0.25, 0.3) is 10.2 Å². The molecule has 0 spiro atoms. The van der Waals surface area contributed by atoms with Gasteiger partial charge in [-0.15, -0.1) is 0 Å². The number of non-ortho nitro benzene ring substituents is 2. The second-order valence-electron chi connectivity index (χ2n) is 6.63. The van der Waals surface area contributed by atoms with Crippen molar-refractivity contribution >= 4 is 66.1 Å². The summed E-state index contributed by atoms with van der Waals surface area (Å²) in [6.07, 6.45) is 1.44. The van der Waals surface area contributed by atoms with Gasteiger partial charge in [0, 0.05) is 16.6 Å². The molecule has 0 atom stereocenters. The van der Waals surface area contributed by atoms with Crippen molar-refractivity contribution in [2.45, 2.75) is 0 Å². The van der Waals surface area contributed by atoms with Gasteiger partial charge in [0.05, 0.1) is 37.9 Å². The summed E-state index contributed by atoms with van der Waals surface area (Å²) in [6.45, 7) is 0. The van der Waals surface area contributed by atoms with E-state index >= 15 is 0 Å². The quantitative estimate of drug-likeness (QED) is 0.184. The number of hydrogen-bond acceptors (Lipinski definition) is 8. The number of halogens is 1. The molecular weight excluding hydrogens is 514 g/mol. The lowest BCUT2D eigenvalue weighted by Crippen LogP contribution is -2.25. The number of rotatable bonds is 6. The topological polar surface area (TPSA) is 132 Å². The zero-order chi connectivity index (χ0) is 23.5. The fourth-order valence-electron chi connectivity index (χ4n) is 2.88. The summed E-state index contributed by atoms with van der Waals surface area (Å²) in [4.78, 5) is 38.8. The number of benzene rings is 3. The molecule has 12 heteroatoms. The number of nitro benzene ring substituents is 2. The first-order chi connectivity index (χ1) is 15.8. The number of carbonyl (C=O) groups excluding carboxylic acids is 1. The average molecular weight is 526 g/mol. The molecule has 0 bridgehead atoms. The maximum absolute atomic E-state index is 13.4. The zero-order valence-electron chi connectivity index (χ0n) is 16.5. The van der Waals surface area contributed by atoms with Crippen molar-refractivity contribution in [2.75, 3.05) is 5.01 Å². The highest BCUT2D eigenvalue weighted by atomic mass is 79.9. The van der Waals surface area contributed by atoms with Gasteiger partial charge in [0.25, 0.3) is 17.3 Å².